The van der Waals surface area contributed by atoms with Gasteiger partial charge >= 0.3 is 10.2 Å². The Kier molecular flexibility index (Phi) is 11.6. The molecule has 3 N–H and O–H groups in total. The van der Waals surface area contributed by atoms with Crippen LogP contribution < -0.4 is 19.8 Å². The van der Waals surface area contributed by atoms with E-state index in [4.69, 9.17) is 0 Å². The molecular formula is C48H50F3N9O5S. The number of allylic oxidation sites excluding steroid dienone is 1. The quantitative estimate of drug-likeness (QED) is 0.131. The number of aromatic nitrogens is 2. The number of H-pyrrole nitrogens is 1. The summed E-state index contributed by atoms with van der Waals surface area (Å²) in [5.41, 5.74) is 4.78. The first-order chi connectivity index (χ1) is 31.8. The molecule has 1 unspecified atom stereocenters. The zero-order valence-corrected chi connectivity index (χ0v) is 37.1. The van der Waals surface area contributed by atoms with Crippen LogP contribution in [0.4, 0.5) is 30.2 Å². The molecule has 7 heterocycles. The molecule has 14 nitrogen and oxygen atoms in total. The number of fused-ring (bicyclic) bond motifs is 2. The number of aromatic amines is 1. The number of rotatable bonds is 11. The normalized spacial score (nSPS) is 21.2. The van der Waals surface area contributed by atoms with E-state index in [0.717, 1.165) is 97.6 Å². The number of nitrogens with one attached hydrogen (secondary N) is 3. The van der Waals surface area contributed by atoms with E-state index in [0.29, 0.717) is 53.2 Å². The van der Waals surface area contributed by atoms with Crippen molar-refractivity contribution in [1.29, 1.82) is 0 Å². The number of nitrogens with zero attached hydrogens (tertiary/aromatic N) is 6. The van der Waals surface area contributed by atoms with Crippen LogP contribution in [0.2, 0.25) is 0 Å². The molecule has 18 heteroatoms. The van der Waals surface area contributed by atoms with Crippen molar-refractivity contribution < 1.29 is 36.0 Å². The van der Waals surface area contributed by atoms with Gasteiger partial charge in [0.05, 0.1) is 11.3 Å². The number of carbonyl (C=O) groups is 3. The van der Waals surface area contributed by atoms with Gasteiger partial charge < -0.3 is 25.0 Å². The van der Waals surface area contributed by atoms with Gasteiger partial charge in [0.2, 0.25) is 11.7 Å². The predicted molar refractivity (Wildman–Crippen MR) is 245 cm³/mol. The lowest BCUT2D eigenvalue weighted by Gasteiger charge is -2.40. The fourth-order valence-corrected chi connectivity index (χ4v) is 11.3. The van der Waals surface area contributed by atoms with Crippen LogP contribution in [0.25, 0.3) is 22.2 Å². The topological polar surface area (TPSA) is 154 Å². The third-order valence-corrected chi connectivity index (χ3v) is 15.3. The summed E-state index contributed by atoms with van der Waals surface area (Å²) in [6, 6.07) is 17.1. The summed E-state index contributed by atoms with van der Waals surface area (Å²) in [5.74, 6) is -3.21. The van der Waals surface area contributed by atoms with Crippen LogP contribution in [-0.4, -0.2) is 121 Å². The van der Waals surface area contributed by atoms with Crippen molar-refractivity contribution in [2.75, 3.05) is 73.4 Å². The number of hydrogen-bond acceptors (Lipinski definition) is 9. The molecule has 0 saturated carbocycles. The highest BCUT2D eigenvalue weighted by Crippen LogP contribution is 2.35. The maximum atomic E-state index is 15.8. The van der Waals surface area contributed by atoms with Crippen LogP contribution in [-0.2, 0) is 21.5 Å². The maximum Gasteiger partial charge on any atom is 0.301 e. The molecule has 0 spiro atoms. The minimum Gasteiger partial charge on any atom is -0.372 e. The standard InChI is InChI=1S/C48H50F3N9O5S/c1-29-5-10-42(47(62)54-29)60-27-33-22-36(6-7-37(33)48(60)63)57-14-11-30(12-15-57)26-56-17-19-58(20-18-56)35-4-2-3-31(21-35)32-23-38-39(25-53-46(38)52-24-32)45(61)43-40(50)8-9-41(44(43)51)55-66(64,65)59-16-13-34(49)28-59/h2-4,6-9,21-25,30,34,42,55H,1,5,10-20,26-28H2,(H,52,53)(H,54,62)/t34-,42?/m1/s1. The largest absolute Gasteiger partial charge is 0.372 e. The zero-order valence-electron chi connectivity index (χ0n) is 36.2. The van der Waals surface area contributed by atoms with E-state index in [1.807, 2.05) is 24.3 Å². The summed E-state index contributed by atoms with van der Waals surface area (Å²) in [5, 5.41) is 3.15. The molecule has 4 fully saturated rings. The molecule has 66 heavy (non-hydrogen) atoms. The van der Waals surface area contributed by atoms with Crippen LogP contribution in [0.3, 0.4) is 0 Å². The van der Waals surface area contributed by atoms with Gasteiger partial charge in [-0.15, -0.1) is 0 Å². The van der Waals surface area contributed by atoms with E-state index in [1.165, 1.54) is 6.20 Å². The zero-order chi connectivity index (χ0) is 45.9. The Labute approximate surface area is 380 Å². The summed E-state index contributed by atoms with van der Waals surface area (Å²) >= 11 is 0. The molecule has 5 aliphatic rings. The number of hydrogen-bond donors (Lipinski definition) is 3. The van der Waals surface area contributed by atoms with Crippen molar-refractivity contribution in [3.63, 3.8) is 0 Å². The van der Waals surface area contributed by atoms with Crippen molar-refractivity contribution in [2.45, 2.75) is 50.9 Å². The number of alkyl halides is 1. The van der Waals surface area contributed by atoms with Gasteiger partial charge in [0.1, 0.15) is 23.7 Å². The minimum absolute atomic E-state index is 0.00533. The average Bonchev–Trinajstić information content (AvgIpc) is 4.04. The summed E-state index contributed by atoms with van der Waals surface area (Å²) in [4.78, 5) is 56.1. The molecule has 5 aromatic rings. The van der Waals surface area contributed by atoms with Crippen LogP contribution in [0.1, 0.15) is 63.9 Å². The van der Waals surface area contributed by atoms with Gasteiger partial charge in [-0.05, 0) is 97.7 Å². The second-order valence-corrected chi connectivity index (χ2v) is 19.6. The molecule has 10 rings (SSSR count). The van der Waals surface area contributed by atoms with Crippen LogP contribution in [0.15, 0.2) is 85.3 Å². The number of piperidine rings is 2. The number of pyridine rings is 1. The second-order valence-electron chi connectivity index (χ2n) is 18.0. The molecule has 3 aromatic carbocycles. The third-order valence-electron chi connectivity index (χ3n) is 13.8. The Hall–Kier alpha value is -6.24. The molecule has 0 bridgehead atoms. The summed E-state index contributed by atoms with van der Waals surface area (Å²) < 4.78 is 73.3. The number of anilines is 3. The van der Waals surface area contributed by atoms with E-state index < -0.39 is 51.1 Å². The van der Waals surface area contributed by atoms with Crippen molar-refractivity contribution in [3.05, 3.63) is 119 Å². The predicted octanol–water partition coefficient (Wildman–Crippen LogP) is 6.23. The molecular weight excluding hydrogens is 872 g/mol. The Morgan fingerprint density at radius 1 is 0.879 bits per heavy atom. The number of carbonyl (C=O) groups excluding carboxylic acids is 3. The minimum atomic E-state index is -4.36. The number of benzene rings is 3. The van der Waals surface area contributed by atoms with Gasteiger partial charge in [-0.25, -0.2) is 18.2 Å². The number of amides is 2. The summed E-state index contributed by atoms with van der Waals surface area (Å²) in [6.45, 7) is 10.3. The Morgan fingerprint density at radius 2 is 1.65 bits per heavy atom. The molecule has 0 radical (unpaired) electrons. The Morgan fingerprint density at radius 3 is 2.41 bits per heavy atom. The van der Waals surface area contributed by atoms with E-state index in [1.54, 1.807) is 17.2 Å². The van der Waals surface area contributed by atoms with E-state index in [9.17, 15) is 27.2 Å². The lowest BCUT2D eigenvalue weighted by Crippen LogP contribution is -2.49. The Balaban J connectivity index is 0.749. The first kappa shape index (κ1) is 43.6. The fourth-order valence-electron chi connectivity index (χ4n) is 10.1. The lowest BCUT2D eigenvalue weighted by atomic mass is 9.95. The molecule has 5 aliphatic heterocycles. The van der Waals surface area contributed by atoms with E-state index >= 15 is 8.78 Å². The van der Waals surface area contributed by atoms with Crippen LogP contribution >= 0.6 is 0 Å². The van der Waals surface area contributed by atoms with Gasteiger partial charge in [-0.3, -0.25) is 24.0 Å². The van der Waals surface area contributed by atoms with Crippen LogP contribution in [0, 0.1) is 17.6 Å². The summed E-state index contributed by atoms with van der Waals surface area (Å²) in [7, 11) is -4.36. The number of ketones is 1. The highest BCUT2D eigenvalue weighted by atomic mass is 32.2. The SMILES string of the molecule is C=C1CCC(N2Cc3cc(N4CCC(CN5CCN(c6cccc(-c7cnc8[nH]cc(C(=O)c9c(F)ccc(NS(=O)(=O)N%10CC[C@@H](F)C%10)c9F)c8c7)c6)CC5)CC4)ccc3C2=O)C(=O)N1. The van der Waals surface area contributed by atoms with Gasteiger partial charge in [-0.2, -0.15) is 12.7 Å². The van der Waals surface area contributed by atoms with Crippen LogP contribution in [0.5, 0.6) is 0 Å². The molecule has 344 valence electrons. The molecule has 0 aliphatic carbocycles. The van der Waals surface area contributed by atoms with Crippen molar-refractivity contribution >= 4 is 55.9 Å². The molecule has 2 amide bonds. The number of piperazine rings is 1. The highest BCUT2D eigenvalue weighted by Gasteiger charge is 2.39. The van der Waals surface area contributed by atoms with Gasteiger partial charge in [0, 0.05) is 117 Å². The van der Waals surface area contributed by atoms with E-state index in [-0.39, 0.29) is 36.9 Å². The smallest absolute Gasteiger partial charge is 0.301 e. The second kappa shape index (κ2) is 17.5. The molecule has 4 saturated heterocycles. The highest BCUT2D eigenvalue weighted by molar-refractivity contribution is 7.90. The third kappa shape index (κ3) is 8.41. The van der Waals surface area contributed by atoms with Gasteiger partial charge in [-0.1, -0.05) is 18.7 Å². The summed E-state index contributed by atoms with van der Waals surface area (Å²) in [6.07, 6.45) is 5.06. The van der Waals surface area contributed by atoms with Crippen molar-refractivity contribution in [1.82, 2.24) is 29.4 Å². The Bertz CT molecular complexity index is 2880. The van der Waals surface area contributed by atoms with Crippen molar-refractivity contribution in [2.24, 2.45) is 5.92 Å². The number of halogens is 3. The first-order valence-electron chi connectivity index (χ1n) is 22.5. The average molecular weight is 922 g/mol. The van der Waals surface area contributed by atoms with Gasteiger partial charge in [0.15, 0.2) is 5.82 Å². The fraction of sp³-hybridized carbons (Fsp3) is 0.375. The van der Waals surface area contributed by atoms with Gasteiger partial charge in [0.25, 0.3) is 5.91 Å². The first-order valence-corrected chi connectivity index (χ1v) is 23.9. The molecule has 2 aromatic heterocycles. The monoisotopic (exact) mass is 921 g/mol. The maximum absolute atomic E-state index is 15.8. The lowest BCUT2D eigenvalue weighted by molar-refractivity contribution is -0.126. The van der Waals surface area contributed by atoms with E-state index in [2.05, 4.69) is 59.5 Å². The molecule has 2 atom stereocenters. The van der Waals surface area contributed by atoms with Crippen molar-refractivity contribution in [3.8, 4) is 11.1 Å².